The minimum absolute atomic E-state index is 0.141. The van der Waals surface area contributed by atoms with Crippen molar-refractivity contribution in [3.8, 4) is 0 Å². The molecule has 0 aliphatic heterocycles. The molecule has 2 nitrogen and oxygen atoms in total. The van der Waals surface area contributed by atoms with Crippen molar-refractivity contribution < 1.29 is 5.11 Å². The Kier molecular flexibility index (Phi) is 3.46. The molecule has 72 valence electrons. The average Bonchev–Trinajstić information content (AvgIpc) is 2.17. The first-order valence-corrected chi connectivity index (χ1v) is 4.52. The maximum Gasteiger partial charge on any atom is 0.0942 e. The van der Waals surface area contributed by atoms with Crippen molar-refractivity contribution in [2.24, 2.45) is 0 Å². The third kappa shape index (κ3) is 2.54. The van der Waals surface area contributed by atoms with Crippen molar-refractivity contribution in [3.05, 3.63) is 35.9 Å². The predicted molar refractivity (Wildman–Crippen MR) is 54.6 cm³/mol. The van der Waals surface area contributed by atoms with Crippen LogP contribution in [0.4, 0.5) is 0 Å². The van der Waals surface area contributed by atoms with Crippen LogP contribution in [-0.2, 0) is 0 Å². The van der Waals surface area contributed by atoms with E-state index in [0.29, 0.717) is 0 Å². The number of likely N-dealkylation sites (N-methyl/N-ethyl adjacent to an activating group) is 1. The second-order valence-corrected chi connectivity index (χ2v) is 3.56. The minimum Gasteiger partial charge on any atom is -0.387 e. The van der Waals surface area contributed by atoms with Crippen LogP contribution in [0.15, 0.2) is 30.3 Å². The van der Waals surface area contributed by atoms with E-state index in [-0.39, 0.29) is 6.04 Å². The summed E-state index contributed by atoms with van der Waals surface area (Å²) in [6, 6.07) is 9.88. The Morgan fingerprint density at radius 2 is 1.69 bits per heavy atom. The van der Waals surface area contributed by atoms with Crippen molar-refractivity contribution in [2.75, 3.05) is 14.1 Å². The maximum atomic E-state index is 9.92. The van der Waals surface area contributed by atoms with Gasteiger partial charge in [0.1, 0.15) is 0 Å². The van der Waals surface area contributed by atoms with Crippen molar-refractivity contribution in [3.63, 3.8) is 0 Å². The summed E-state index contributed by atoms with van der Waals surface area (Å²) in [4.78, 5) is 2.01. The highest BCUT2D eigenvalue weighted by Crippen LogP contribution is 2.18. The lowest BCUT2D eigenvalue weighted by molar-refractivity contribution is 0.0858. The van der Waals surface area contributed by atoms with Crippen LogP contribution < -0.4 is 0 Å². The first kappa shape index (κ1) is 10.2. The molecule has 1 aromatic rings. The van der Waals surface area contributed by atoms with E-state index in [1.54, 1.807) is 0 Å². The van der Waals surface area contributed by atoms with E-state index >= 15 is 0 Å². The highest BCUT2D eigenvalue weighted by molar-refractivity contribution is 5.18. The fourth-order valence-corrected chi connectivity index (χ4v) is 1.21. The number of aliphatic hydroxyl groups is 1. The molecule has 2 atom stereocenters. The lowest BCUT2D eigenvalue weighted by Gasteiger charge is -2.25. The van der Waals surface area contributed by atoms with Gasteiger partial charge in [0.15, 0.2) is 0 Å². The van der Waals surface area contributed by atoms with Gasteiger partial charge in [-0.1, -0.05) is 30.3 Å². The molecule has 0 saturated heterocycles. The third-order valence-electron chi connectivity index (χ3n) is 2.41. The molecule has 0 aliphatic carbocycles. The van der Waals surface area contributed by atoms with Gasteiger partial charge in [-0.2, -0.15) is 0 Å². The van der Waals surface area contributed by atoms with Gasteiger partial charge in [-0.05, 0) is 26.6 Å². The normalized spacial score (nSPS) is 15.8. The molecule has 1 rings (SSSR count). The molecule has 0 unspecified atom stereocenters. The predicted octanol–water partition coefficient (Wildman–Crippen LogP) is 1.67. The van der Waals surface area contributed by atoms with Crippen LogP contribution in [0.25, 0.3) is 0 Å². The smallest absolute Gasteiger partial charge is 0.0942 e. The lowest BCUT2D eigenvalue weighted by Crippen LogP contribution is -2.30. The van der Waals surface area contributed by atoms with Crippen molar-refractivity contribution in [2.45, 2.75) is 19.1 Å². The van der Waals surface area contributed by atoms with Gasteiger partial charge in [0.2, 0.25) is 0 Å². The van der Waals surface area contributed by atoms with Crippen molar-refractivity contribution in [1.82, 2.24) is 4.90 Å². The number of rotatable bonds is 3. The molecular weight excluding hydrogens is 162 g/mol. The summed E-state index contributed by atoms with van der Waals surface area (Å²) in [5, 5.41) is 9.92. The molecule has 0 fully saturated rings. The number of hydrogen-bond acceptors (Lipinski definition) is 2. The molecule has 13 heavy (non-hydrogen) atoms. The number of nitrogens with zero attached hydrogens (tertiary/aromatic N) is 1. The summed E-state index contributed by atoms with van der Waals surface area (Å²) < 4.78 is 0. The van der Waals surface area contributed by atoms with Gasteiger partial charge >= 0.3 is 0 Å². The molecule has 0 spiro atoms. The molecule has 1 N–H and O–H groups in total. The Morgan fingerprint density at radius 1 is 1.15 bits per heavy atom. The first-order valence-electron chi connectivity index (χ1n) is 4.52. The standard InChI is InChI=1S/C11H17NO/c1-9(12(2)3)11(13)10-7-5-4-6-8-10/h4-9,11,13H,1-3H3/t9-,11-/m1/s1. The summed E-state index contributed by atoms with van der Waals surface area (Å²) in [5.41, 5.74) is 0.976. The van der Waals surface area contributed by atoms with E-state index < -0.39 is 6.10 Å². The summed E-state index contributed by atoms with van der Waals surface area (Å²) in [5.74, 6) is 0. The SMILES string of the molecule is C[C@H]([C@@H](O)c1ccccc1)N(C)C. The molecule has 0 aliphatic rings. The van der Waals surface area contributed by atoms with E-state index in [2.05, 4.69) is 0 Å². The summed E-state index contributed by atoms with van der Waals surface area (Å²) in [6.45, 7) is 2.01. The zero-order valence-electron chi connectivity index (χ0n) is 8.44. The monoisotopic (exact) mass is 179 g/mol. The van der Waals surface area contributed by atoms with Gasteiger partial charge < -0.3 is 10.0 Å². The second kappa shape index (κ2) is 4.40. The van der Waals surface area contributed by atoms with Crippen LogP contribution >= 0.6 is 0 Å². The van der Waals surface area contributed by atoms with Gasteiger partial charge in [-0.25, -0.2) is 0 Å². The molecule has 0 heterocycles. The number of hydrogen-bond donors (Lipinski definition) is 1. The second-order valence-electron chi connectivity index (χ2n) is 3.56. The van der Waals surface area contributed by atoms with Crippen LogP contribution in [0.2, 0.25) is 0 Å². The largest absolute Gasteiger partial charge is 0.387 e. The quantitative estimate of drug-likeness (QED) is 0.763. The lowest BCUT2D eigenvalue weighted by atomic mass is 10.0. The summed E-state index contributed by atoms with van der Waals surface area (Å²) >= 11 is 0. The molecule has 0 radical (unpaired) electrons. The van der Waals surface area contributed by atoms with Crippen LogP contribution in [0.1, 0.15) is 18.6 Å². The maximum absolute atomic E-state index is 9.92. The van der Waals surface area contributed by atoms with Gasteiger partial charge in [-0.15, -0.1) is 0 Å². The van der Waals surface area contributed by atoms with E-state index in [1.165, 1.54) is 0 Å². The van der Waals surface area contributed by atoms with Crippen LogP contribution in [-0.4, -0.2) is 30.1 Å². The molecule has 2 heteroatoms. The molecule has 0 bridgehead atoms. The minimum atomic E-state index is -0.406. The first-order chi connectivity index (χ1) is 6.13. The molecule has 0 aromatic heterocycles. The van der Waals surface area contributed by atoms with Gasteiger partial charge in [0.05, 0.1) is 6.10 Å². The van der Waals surface area contributed by atoms with Crippen LogP contribution in [0.3, 0.4) is 0 Å². The Bertz CT molecular complexity index is 246. The highest BCUT2D eigenvalue weighted by atomic mass is 16.3. The third-order valence-corrected chi connectivity index (χ3v) is 2.41. The van der Waals surface area contributed by atoms with Gasteiger partial charge in [-0.3, -0.25) is 0 Å². The molecular formula is C11H17NO. The Balaban J connectivity index is 2.73. The summed E-state index contributed by atoms with van der Waals surface area (Å²) in [6.07, 6.45) is -0.406. The van der Waals surface area contributed by atoms with E-state index in [4.69, 9.17) is 0 Å². The van der Waals surface area contributed by atoms with Gasteiger partial charge in [0.25, 0.3) is 0 Å². The fraction of sp³-hybridized carbons (Fsp3) is 0.455. The van der Waals surface area contributed by atoms with Crippen LogP contribution in [0, 0.1) is 0 Å². The van der Waals surface area contributed by atoms with Crippen molar-refractivity contribution >= 4 is 0 Å². The zero-order valence-corrected chi connectivity index (χ0v) is 8.44. The van der Waals surface area contributed by atoms with Gasteiger partial charge in [0, 0.05) is 6.04 Å². The average molecular weight is 179 g/mol. The number of benzene rings is 1. The molecule has 1 aromatic carbocycles. The highest BCUT2D eigenvalue weighted by Gasteiger charge is 2.17. The van der Waals surface area contributed by atoms with E-state index in [9.17, 15) is 5.11 Å². The van der Waals surface area contributed by atoms with Crippen molar-refractivity contribution in [1.29, 1.82) is 0 Å². The molecule has 0 amide bonds. The number of aliphatic hydroxyl groups excluding tert-OH is 1. The topological polar surface area (TPSA) is 23.5 Å². The van der Waals surface area contributed by atoms with Crippen LogP contribution in [0.5, 0.6) is 0 Å². The Hall–Kier alpha value is -0.860. The zero-order chi connectivity index (χ0) is 9.84. The Morgan fingerprint density at radius 3 is 2.15 bits per heavy atom. The van der Waals surface area contributed by atoms with E-state index in [0.717, 1.165) is 5.56 Å². The van der Waals surface area contributed by atoms with E-state index in [1.807, 2.05) is 56.3 Å². The Labute approximate surface area is 79.8 Å². The fourth-order valence-electron chi connectivity index (χ4n) is 1.21. The summed E-state index contributed by atoms with van der Waals surface area (Å²) in [7, 11) is 3.94. The molecule has 0 saturated carbocycles.